The molecule has 1 rings (SSSR count). The second-order valence-electron chi connectivity index (χ2n) is 5.12. The van der Waals surface area contributed by atoms with E-state index in [9.17, 15) is 0 Å². The van der Waals surface area contributed by atoms with Gasteiger partial charge in [0.15, 0.2) is 0 Å². The van der Waals surface area contributed by atoms with Crippen LogP contribution >= 0.6 is 11.9 Å². The maximum Gasteiger partial charge on any atom is 0.0771 e. The van der Waals surface area contributed by atoms with Gasteiger partial charge in [0.25, 0.3) is 0 Å². The van der Waals surface area contributed by atoms with Gasteiger partial charge in [0.1, 0.15) is 0 Å². The third-order valence-electron chi connectivity index (χ3n) is 2.38. The van der Waals surface area contributed by atoms with E-state index in [1.54, 1.807) is 0 Å². The van der Waals surface area contributed by atoms with Crippen LogP contribution in [0.3, 0.4) is 0 Å². The minimum atomic E-state index is 0.220. The summed E-state index contributed by atoms with van der Waals surface area (Å²) >= 11 is 1.81. The lowest BCUT2D eigenvalue weighted by Crippen LogP contribution is -2.62. The molecule has 0 aliphatic carbocycles. The standard InChI is InChI=1S/C10H21NOS/c1-8(2)10(6-12-7-10)11-13-9(3,4)5/h8,11H,6-7H2,1-5H3. The lowest BCUT2D eigenvalue weighted by Gasteiger charge is -2.46. The van der Waals surface area contributed by atoms with Crippen LogP contribution in [0.1, 0.15) is 34.6 Å². The molecule has 1 N–H and O–H groups in total. The summed E-state index contributed by atoms with van der Waals surface area (Å²) in [4.78, 5) is 0. The van der Waals surface area contributed by atoms with E-state index < -0.39 is 0 Å². The molecule has 0 spiro atoms. The first-order chi connectivity index (χ1) is 5.86. The summed E-state index contributed by atoms with van der Waals surface area (Å²) < 4.78 is 9.13. The molecule has 0 radical (unpaired) electrons. The van der Waals surface area contributed by atoms with Gasteiger partial charge in [-0.15, -0.1) is 0 Å². The highest BCUT2D eigenvalue weighted by Gasteiger charge is 2.42. The molecule has 1 fully saturated rings. The second kappa shape index (κ2) is 3.79. The lowest BCUT2D eigenvalue weighted by atomic mass is 9.86. The zero-order valence-corrected chi connectivity index (χ0v) is 10.1. The van der Waals surface area contributed by atoms with Crippen LogP contribution in [-0.4, -0.2) is 23.5 Å². The molecule has 1 aliphatic heterocycles. The lowest BCUT2D eigenvalue weighted by molar-refractivity contribution is -0.0842. The summed E-state index contributed by atoms with van der Waals surface area (Å²) in [6.07, 6.45) is 0. The normalized spacial score (nSPS) is 21.7. The summed E-state index contributed by atoms with van der Waals surface area (Å²) in [5.41, 5.74) is 0.220. The van der Waals surface area contributed by atoms with Crippen molar-refractivity contribution in [2.75, 3.05) is 13.2 Å². The van der Waals surface area contributed by atoms with Crippen molar-refractivity contribution < 1.29 is 4.74 Å². The van der Waals surface area contributed by atoms with E-state index in [0.29, 0.717) is 5.92 Å². The van der Waals surface area contributed by atoms with Gasteiger partial charge >= 0.3 is 0 Å². The predicted octanol–water partition coefficient (Wildman–Crippen LogP) is 2.45. The molecule has 0 bridgehead atoms. The molecule has 0 amide bonds. The van der Waals surface area contributed by atoms with Crippen LogP contribution in [0.2, 0.25) is 0 Å². The molecule has 0 saturated carbocycles. The maximum atomic E-state index is 5.29. The van der Waals surface area contributed by atoms with Crippen molar-refractivity contribution in [2.45, 2.75) is 44.9 Å². The first kappa shape index (κ1) is 11.3. The number of nitrogens with one attached hydrogen (secondary N) is 1. The summed E-state index contributed by atoms with van der Waals surface area (Å²) in [6.45, 7) is 12.9. The topological polar surface area (TPSA) is 21.3 Å². The van der Waals surface area contributed by atoms with E-state index in [4.69, 9.17) is 4.74 Å². The fourth-order valence-electron chi connectivity index (χ4n) is 1.09. The van der Waals surface area contributed by atoms with E-state index in [1.165, 1.54) is 0 Å². The summed E-state index contributed by atoms with van der Waals surface area (Å²) in [5.74, 6) is 0.635. The van der Waals surface area contributed by atoms with Crippen LogP contribution in [0.15, 0.2) is 0 Å². The van der Waals surface area contributed by atoms with Crippen LogP contribution in [-0.2, 0) is 4.74 Å². The number of ether oxygens (including phenoxy) is 1. The van der Waals surface area contributed by atoms with Gasteiger partial charge < -0.3 is 4.74 Å². The van der Waals surface area contributed by atoms with Gasteiger partial charge in [-0.1, -0.05) is 25.8 Å². The molecular formula is C10H21NOS. The number of hydrogen-bond donors (Lipinski definition) is 1. The van der Waals surface area contributed by atoms with Crippen molar-refractivity contribution in [1.29, 1.82) is 0 Å². The molecular weight excluding hydrogens is 182 g/mol. The van der Waals surface area contributed by atoms with Crippen LogP contribution in [0.25, 0.3) is 0 Å². The summed E-state index contributed by atoms with van der Waals surface area (Å²) in [7, 11) is 0. The molecule has 1 saturated heterocycles. The molecule has 0 aromatic rings. The zero-order valence-electron chi connectivity index (χ0n) is 9.31. The molecule has 0 atom stereocenters. The maximum absolute atomic E-state index is 5.29. The Kier molecular flexibility index (Phi) is 3.31. The van der Waals surface area contributed by atoms with Gasteiger partial charge in [-0.3, -0.25) is 4.72 Å². The highest BCUT2D eigenvalue weighted by atomic mass is 32.2. The molecule has 0 aromatic heterocycles. The molecule has 1 heterocycles. The predicted molar refractivity (Wildman–Crippen MR) is 58.9 cm³/mol. The first-order valence-electron chi connectivity index (χ1n) is 4.89. The van der Waals surface area contributed by atoms with Crippen molar-refractivity contribution in [1.82, 2.24) is 4.72 Å². The van der Waals surface area contributed by atoms with Gasteiger partial charge in [0.05, 0.1) is 18.8 Å². The second-order valence-corrected chi connectivity index (χ2v) is 6.75. The van der Waals surface area contributed by atoms with E-state index >= 15 is 0 Å². The Morgan fingerprint density at radius 3 is 2.08 bits per heavy atom. The Hall–Kier alpha value is 0.270. The Bertz CT molecular complexity index is 170. The van der Waals surface area contributed by atoms with Crippen molar-refractivity contribution in [3.8, 4) is 0 Å². The van der Waals surface area contributed by atoms with Crippen LogP contribution in [0.5, 0.6) is 0 Å². The number of rotatable bonds is 3. The molecule has 0 aromatic carbocycles. The average Bonchev–Trinajstić information content (AvgIpc) is 1.80. The highest BCUT2D eigenvalue weighted by Crippen LogP contribution is 2.31. The van der Waals surface area contributed by atoms with Gasteiger partial charge in [0.2, 0.25) is 0 Å². The Morgan fingerprint density at radius 1 is 1.31 bits per heavy atom. The van der Waals surface area contributed by atoms with Crippen LogP contribution < -0.4 is 4.72 Å². The third kappa shape index (κ3) is 2.86. The molecule has 13 heavy (non-hydrogen) atoms. The SMILES string of the molecule is CC(C)C1(NSC(C)(C)C)COC1. The monoisotopic (exact) mass is 203 g/mol. The Balaban J connectivity index is 2.41. The minimum absolute atomic E-state index is 0.220. The molecule has 0 unspecified atom stereocenters. The van der Waals surface area contributed by atoms with Crippen LogP contribution in [0, 0.1) is 5.92 Å². The van der Waals surface area contributed by atoms with Gasteiger partial charge in [-0.05, 0) is 26.7 Å². The van der Waals surface area contributed by atoms with Crippen molar-refractivity contribution in [2.24, 2.45) is 5.92 Å². The average molecular weight is 203 g/mol. The molecule has 1 aliphatic rings. The highest BCUT2D eigenvalue weighted by molar-refractivity contribution is 7.98. The van der Waals surface area contributed by atoms with Gasteiger partial charge in [-0.25, -0.2) is 0 Å². The van der Waals surface area contributed by atoms with Crippen molar-refractivity contribution in [3.63, 3.8) is 0 Å². The molecule has 78 valence electrons. The third-order valence-corrected chi connectivity index (χ3v) is 3.51. The van der Waals surface area contributed by atoms with Crippen LogP contribution in [0.4, 0.5) is 0 Å². The largest absolute Gasteiger partial charge is 0.377 e. The zero-order chi connectivity index (χ0) is 10.1. The summed E-state index contributed by atoms with van der Waals surface area (Å²) in [5, 5.41) is 0. The number of hydrogen-bond acceptors (Lipinski definition) is 3. The minimum Gasteiger partial charge on any atom is -0.377 e. The van der Waals surface area contributed by atoms with Crippen molar-refractivity contribution >= 4 is 11.9 Å². The Morgan fingerprint density at radius 2 is 1.85 bits per heavy atom. The Labute approximate surface area is 85.9 Å². The van der Waals surface area contributed by atoms with E-state index in [2.05, 4.69) is 39.3 Å². The molecule has 3 heteroatoms. The fraction of sp³-hybridized carbons (Fsp3) is 1.00. The smallest absolute Gasteiger partial charge is 0.0771 e. The quantitative estimate of drug-likeness (QED) is 0.712. The first-order valence-corrected chi connectivity index (χ1v) is 5.70. The van der Waals surface area contributed by atoms with E-state index in [1.807, 2.05) is 11.9 Å². The summed E-state index contributed by atoms with van der Waals surface area (Å²) in [6, 6.07) is 0. The van der Waals surface area contributed by atoms with Gasteiger partial charge in [-0.2, -0.15) is 0 Å². The van der Waals surface area contributed by atoms with E-state index in [0.717, 1.165) is 13.2 Å². The molecule has 2 nitrogen and oxygen atoms in total. The van der Waals surface area contributed by atoms with Gasteiger partial charge in [0, 0.05) is 4.75 Å². The van der Waals surface area contributed by atoms with Crippen molar-refractivity contribution in [3.05, 3.63) is 0 Å². The van der Waals surface area contributed by atoms with E-state index in [-0.39, 0.29) is 10.3 Å². The fourth-order valence-corrected chi connectivity index (χ4v) is 1.95.